The Morgan fingerprint density at radius 2 is 2.07 bits per heavy atom. The number of hydrogen-bond acceptors (Lipinski definition) is 1. The lowest BCUT2D eigenvalue weighted by Gasteiger charge is -2.20. The van der Waals surface area contributed by atoms with Gasteiger partial charge in [0.05, 0.1) is 0 Å². The first-order valence-electron chi connectivity index (χ1n) is 5.68. The van der Waals surface area contributed by atoms with Crippen LogP contribution in [-0.2, 0) is 0 Å². The molecule has 0 heterocycles. The molecule has 1 aliphatic carbocycles. The Labute approximate surface area is 100 Å². The summed E-state index contributed by atoms with van der Waals surface area (Å²) < 4.78 is 1.22. The van der Waals surface area contributed by atoms with Crippen molar-refractivity contribution in [2.45, 2.75) is 44.1 Å². The molecular weight excluding hydrogens is 250 g/mol. The molecule has 0 radical (unpaired) electrons. The first-order chi connectivity index (χ1) is 7.14. The minimum Gasteiger partial charge on any atom is -0.325 e. The average molecular weight is 268 g/mol. The van der Waals surface area contributed by atoms with Gasteiger partial charge in [-0.1, -0.05) is 41.1 Å². The van der Waals surface area contributed by atoms with Gasteiger partial charge in [-0.2, -0.15) is 0 Å². The Morgan fingerprint density at radius 1 is 1.40 bits per heavy atom. The monoisotopic (exact) mass is 267 g/mol. The first kappa shape index (κ1) is 11.2. The maximum Gasteiger partial charge on any atom is 0.0210 e. The molecule has 1 atom stereocenters. The Hall–Kier alpha value is -0.340. The van der Waals surface area contributed by atoms with Crippen LogP contribution in [0.25, 0.3) is 0 Å². The minimum atomic E-state index is 0.149. The van der Waals surface area contributed by atoms with E-state index >= 15 is 0 Å². The fourth-order valence-corrected chi connectivity index (χ4v) is 2.74. The Morgan fingerprint density at radius 3 is 2.60 bits per heavy atom. The Bertz CT molecular complexity index is 344. The average Bonchev–Trinajstić information content (AvgIpc) is 2.95. The maximum absolute atomic E-state index is 6.20. The van der Waals surface area contributed by atoms with Gasteiger partial charge in [0.2, 0.25) is 0 Å². The smallest absolute Gasteiger partial charge is 0.0210 e. The van der Waals surface area contributed by atoms with Gasteiger partial charge in [-0.05, 0) is 43.2 Å². The van der Waals surface area contributed by atoms with E-state index in [0.29, 0.717) is 5.92 Å². The van der Waals surface area contributed by atoms with Gasteiger partial charge in [0.1, 0.15) is 0 Å². The lowest BCUT2D eigenvalue weighted by molar-refractivity contribution is 0.504. The van der Waals surface area contributed by atoms with Gasteiger partial charge in [0.25, 0.3) is 0 Å². The zero-order valence-corrected chi connectivity index (χ0v) is 10.8. The molecule has 1 fully saturated rings. The molecule has 0 aliphatic heterocycles. The van der Waals surface area contributed by atoms with Crippen molar-refractivity contribution in [3.05, 3.63) is 34.3 Å². The van der Waals surface area contributed by atoms with E-state index in [9.17, 15) is 0 Å². The number of benzene rings is 1. The van der Waals surface area contributed by atoms with Crippen LogP contribution in [0.5, 0.6) is 0 Å². The van der Waals surface area contributed by atoms with Crippen LogP contribution >= 0.6 is 15.9 Å². The van der Waals surface area contributed by atoms with Crippen molar-refractivity contribution in [2.75, 3.05) is 0 Å². The zero-order valence-electron chi connectivity index (χ0n) is 9.17. The van der Waals surface area contributed by atoms with Crippen LogP contribution in [0.15, 0.2) is 28.7 Å². The topological polar surface area (TPSA) is 26.0 Å². The van der Waals surface area contributed by atoms with Gasteiger partial charge >= 0.3 is 0 Å². The van der Waals surface area contributed by atoms with Crippen molar-refractivity contribution in [3.8, 4) is 0 Å². The van der Waals surface area contributed by atoms with Crippen LogP contribution in [0.4, 0.5) is 0 Å². The van der Waals surface area contributed by atoms with Gasteiger partial charge in [0, 0.05) is 10.0 Å². The maximum atomic E-state index is 6.20. The first-order valence-corrected chi connectivity index (χ1v) is 6.47. The highest BCUT2D eigenvalue weighted by Gasteiger charge is 2.40. The quantitative estimate of drug-likeness (QED) is 0.882. The van der Waals surface area contributed by atoms with E-state index in [2.05, 4.69) is 47.1 Å². The summed E-state index contributed by atoms with van der Waals surface area (Å²) in [4.78, 5) is 0. The molecule has 0 amide bonds. The van der Waals surface area contributed by atoms with Crippen LogP contribution in [-0.4, -0.2) is 5.54 Å². The molecule has 1 aromatic carbocycles. The lowest BCUT2D eigenvalue weighted by Crippen LogP contribution is -2.24. The minimum absolute atomic E-state index is 0.149. The standard InChI is InChI=1S/C13H18BrN/c1-2-10(9-13(15)7-8-13)11-5-3-4-6-12(11)14/h3-6,10H,2,7-9,15H2,1H3. The van der Waals surface area contributed by atoms with Crippen molar-refractivity contribution in [2.24, 2.45) is 5.73 Å². The summed E-state index contributed by atoms with van der Waals surface area (Å²) in [6.07, 6.45) is 4.70. The summed E-state index contributed by atoms with van der Waals surface area (Å²) in [7, 11) is 0. The highest BCUT2D eigenvalue weighted by Crippen LogP contribution is 2.43. The lowest BCUT2D eigenvalue weighted by atomic mass is 9.89. The normalized spacial score (nSPS) is 19.9. The summed E-state index contributed by atoms with van der Waals surface area (Å²) in [5.74, 6) is 0.605. The van der Waals surface area contributed by atoms with Gasteiger partial charge in [0.15, 0.2) is 0 Å². The molecular formula is C13H18BrN. The molecule has 0 saturated heterocycles. The fourth-order valence-electron chi connectivity index (χ4n) is 2.14. The van der Waals surface area contributed by atoms with E-state index in [1.807, 2.05) is 0 Å². The van der Waals surface area contributed by atoms with E-state index in [1.165, 1.54) is 29.3 Å². The third kappa shape index (κ3) is 2.61. The van der Waals surface area contributed by atoms with Crippen LogP contribution in [0, 0.1) is 0 Å². The molecule has 0 bridgehead atoms. The largest absolute Gasteiger partial charge is 0.325 e. The molecule has 1 aliphatic rings. The van der Waals surface area contributed by atoms with Crippen LogP contribution in [0.1, 0.15) is 44.1 Å². The van der Waals surface area contributed by atoms with Crippen molar-refractivity contribution in [1.29, 1.82) is 0 Å². The summed E-state index contributed by atoms with van der Waals surface area (Å²) >= 11 is 3.62. The van der Waals surface area contributed by atoms with Crippen LogP contribution in [0.2, 0.25) is 0 Å². The third-order valence-electron chi connectivity index (χ3n) is 3.38. The predicted octanol–water partition coefficient (Wildman–Crippen LogP) is 3.82. The molecule has 0 spiro atoms. The second-order valence-electron chi connectivity index (χ2n) is 4.69. The van der Waals surface area contributed by atoms with Gasteiger partial charge in [-0.3, -0.25) is 0 Å². The van der Waals surface area contributed by atoms with E-state index in [0.717, 1.165) is 6.42 Å². The molecule has 1 aromatic rings. The fraction of sp³-hybridized carbons (Fsp3) is 0.538. The van der Waals surface area contributed by atoms with Gasteiger partial charge < -0.3 is 5.73 Å². The molecule has 1 nitrogen and oxygen atoms in total. The number of halogens is 1. The van der Waals surface area contributed by atoms with Crippen molar-refractivity contribution in [3.63, 3.8) is 0 Å². The predicted molar refractivity (Wildman–Crippen MR) is 67.9 cm³/mol. The van der Waals surface area contributed by atoms with E-state index in [1.54, 1.807) is 0 Å². The third-order valence-corrected chi connectivity index (χ3v) is 4.11. The molecule has 1 saturated carbocycles. The van der Waals surface area contributed by atoms with E-state index in [4.69, 9.17) is 5.73 Å². The number of rotatable bonds is 4. The summed E-state index contributed by atoms with van der Waals surface area (Å²) in [6, 6.07) is 8.51. The summed E-state index contributed by atoms with van der Waals surface area (Å²) in [6.45, 7) is 2.25. The highest BCUT2D eigenvalue weighted by atomic mass is 79.9. The molecule has 2 N–H and O–H groups in total. The number of hydrogen-bond donors (Lipinski definition) is 1. The molecule has 1 unspecified atom stereocenters. The second kappa shape index (κ2) is 4.26. The number of nitrogens with two attached hydrogens (primary N) is 1. The van der Waals surface area contributed by atoms with Crippen molar-refractivity contribution in [1.82, 2.24) is 0 Å². The highest BCUT2D eigenvalue weighted by molar-refractivity contribution is 9.10. The van der Waals surface area contributed by atoms with Crippen molar-refractivity contribution >= 4 is 15.9 Å². The molecule has 82 valence electrons. The van der Waals surface area contributed by atoms with E-state index in [-0.39, 0.29) is 5.54 Å². The van der Waals surface area contributed by atoms with Gasteiger partial charge in [-0.25, -0.2) is 0 Å². The molecule has 0 aromatic heterocycles. The summed E-state index contributed by atoms with van der Waals surface area (Å²) in [5.41, 5.74) is 7.76. The zero-order chi connectivity index (χ0) is 10.9. The SMILES string of the molecule is CCC(CC1(N)CC1)c1ccccc1Br. The second-order valence-corrected chi connectivity index (χ2v) is 5.55. The van der Waals surface area contributed by atoms with Crippen molar-refractivity contribution < 1.29 is 0 Å². The Kier molecular flexibility index (Phi) is 3.17. The van der Waals surface area contributed by atoms with Crippen LogP contribution < -0.4 is 5.73 Å². The van der Waals surface area contributed by atoms with E-state index < -0.39 is 0 Å². The summed E-state index contributed by atoms with van der Waals surface area (Å²) in [5, 5.41) is 0. The Balaban J connectivity index is 2.15. The molecule has 15 heavy (non-hydrogen) atoms. The van der Waals surface area contributed by atoms with Crippen LogP contribution in [0.3, 0.4) is 0 Å². The van der Waals surface area contributed by atoms with Gasteiger partial charge in [-0.15, -0.1) is 0 Å². The molecule has 2 rings (SSSR count). The molecule has 2 heteroatoms.